The number of carbonyl (C=O) groups is 1. The highest BCUT2D eigenvalue weighted by molar-refractivity contribution is 7.09. The van der Waals surface area contributed by atoms with E-state index in [1.807, 2.05) is 6.07 Å². The van der Waals surface area contributed by atoms with E-state index in [4.69, 9.17) is 11.5 Å². The molecule has 4 N–H and O–H groups in total. The molecule has 2 aromatic rings. The molecule has 6 heteroatoms. The monoisotopic (exact) mass is 288 g/mol. The van der Waals surface area contributed by atoms with Crippen LogP contribution >= 0.6 is 11.3 Å². The topological polar surface area (TPSA) is 85.2 Å². The molecule has 0 spiro atoms. The van der Waals surface area contributed by atoms with E-state index in [0.717, 1.165) is 19.4 Å². The zero-order valence-electron chi connectivity index (χ0n) is 11.0. The second-order valence-electron chi connectivity index (χ2n) is 4.91. The van der Waals surface area contributed by atoms with Crippen LogP contribution in [0.4, 0.5) is 11.5 Å². The standard InChI is InChI=1S/C14H16N4OS/c15-11-5-6-12(13(16)19)17-14(11)18(9-3-4-9)8-10-2-1-7-20-10/h1-2,5-7,9H,3-4,8,15H2,(H2,16,19). The molecule has 20 heavy (non-hydrogen) atoms. The van der Waals surface area contributed by atoms with Gasteiger partial charge in [-0.05, 0) is 36.4 Å². The van der Waals surface area contributed by atoms with Crippen LogP contribution in [0, 0.1) is 0 Å². The molecule has 0 bridgehead atoms. The second kappa shape index (κ2) is 5.13. The number of nitrogen functional groups attached to an aromatic ring is 1. The first-order valence-electron chi connectivity index (χ1n) is 6.50. The lowest BCUT2D eigenvalue weighted by atomic mass is 10.2. The molecule has 3 rings (SSSR count). The largest absolute Gasteiger partial charge is 0.396 e. The Bertz CT molecular complexity index is 622. The number of thiophene rings is 1. The number of anilines is 2. The number of hydrogen-bond donors (Lipinski definition) is 2. The maximum absolute atomic E-state index is 11.3. The van der Waals surface area contributed by atoms with Crippen molar-refractivity contribution in [2.45, 2.75) is 25.4 Å². The third-order valence-electron chi connectivity index (χ3n) is 3.32. The molecule has 104 valence electrons. The smallest absolute Gasteiger partial charge is 0.267 e. The van der Waals surface area contributed by atoms with E-state index in [2.05, 4.69) is 21.3 Å². The maximum Gasteiger partial charge on any atom is 0.267 e. The van der Waals surface area contributed by atoms with Gasteiger partial charge in [0.15, 0.2) is 5.82 Å². The summed E-state index contributed by atoms with van der Waals surface area (Å²) in [4.78, 5) is 19.1. The van der Waals surface area contributed by atoms with Crippen molar-refractivity contribution in [3.05, 3.63) is 40.2 Å². The molecule has 1 aliphatic rings. The third kappa shape index (κ3) is 2.60. The van der Waals surface area contributed by atoms with Crippen LogP contribution in [-0.2, 0) is 6.54 Å². The van der Waals surface area contributed by atoms with Crippen molar-refractivity contribution in [3.63, 3.8) is 0 Å². The highest BCUT2D eigenvalue weighted by Crippen LogP contribution is 2.35. The lowest BCUT2D eigenvalue weighted by Gasteiger charge is -2.24. The van der Waals surface area contributed by atoms with Gasteiger partial charge in [0.2, 0.25) is 0 Å². The van der Waals surface area contributed by atoms with Crippen molar-refractivity contribution in [2.75, 3.05) is 10.6 Å². The van der Waals surface area contributed by atoms with Crippen molar-refractivity contribution in [1.29, 1.82) is 0 Å². The van der Waals surface area contributed by atoms with E-state index in [1.54, 1.807) is 23.5 Å². The number of pyridine rings is 1. The fourth-order valence-corrected chi connectivity index (χ4v) is 2.86. The Morgan fingerprint density at radius 1 is 1.40 bits per heavy atom. The molecule has 1 saturated carbocycles. The zero-order valence-corrected chi connectivity index (χ0v) is 11.8. The lowest BCUT2D eigenvalue weighted by Crippen LogP contribution is -2.27. The van der Waals surface area contributed by atoms with Gasteiger partial charge in [-0.3, -0.25) is 4.79 Å². The van der Waals surface area contributed by atoms with Crippen LogP contribution in [0.1, 0.15) is 28.2 Å². The number of rotatable bonds is 5. The summed E-state index contributed by atoms with van der Waals surface area (Å²) in [5.41, 5.74) is 12.2. The molecule has 0 saturated heterocycles. The Labute approximate surface area is 121 Å². The van der Waals surface area contributed by atoms with Gasteiger partial charge in [-0.25, -0.2) is 4.98 Å². The minimum absolute atomic E-state index is 0.256. The van der Waals surface area contributed by atoms with Crippen LogP contribution in [0.25, 0.3) is 0 Å². The molecule has 0 radical (unpaired) electrons. The Morgan fingerprint density at radius 2 is 2.20 bits per heavy atom. The Balaban J connectivity index is 1.94. The second-order valence-corrected chi connectivity index (χ2v) is 5.94. The Morgan fingerprint density at radius 3 is 2.80 bits per heavy atom. The molecular weight excluding hydrogens is 272 g/mol. The van der Waals surface area contributed by atoms with Gasteiger partial charge < -0.3 is 16.4 Å². The number of carbonyl (C=O) groups excluding carboxylic acids is 1. The average Bonchev–Trinajstić information content (AvgIpc) is 3.14. The van der Waals surface area contributed by atoms with Crippen molar-refractivity contribution in [1.82, 2.24) is 4.98 Å². The highest BCUT2D eigenvalue weighted by atomic mass is 32.1. The van der Waals surface area contributed by atoms with Crippen LogP contribution in [0.2, 0.25) is 0 Å². The molecule has 2 aromatic heterocycles. The lowest BCUT2D eigenvalue weighted by molar-refractivity contribution is 0.0995. The number of aromatic nitrogens is 1. The van der Waals surface area contributed by atoms with Gasteiger partial charge >= 0.3 is 0 Å². The molecule has 0 aliphatic heterocycles. The quantitative estimate of drug-likeness (QED) is 0.881. The van der Waals surface area contributed by atoms with Gasteiger partial charge in [-0.1, -0.05) is 6.07 Å². The van der Waals surface area contributed by atoms with Gasteiger partial charge in [0.25, 0.3) is 5.91 Å². The summed E-state index contributed by atoms with van der Waals surface area (Å²) >= 11 is 1.71. The molecule has 0 unspecified atom stereocenters. The van der Waals surface area contributed by atoms with Crippen LogP contribution in [-0.4, -0.2) is 16.9 Å². The number of nitrogens with two attached hydrogens (primary N) is 2. The van der Waals surface area contributed by atoms with E-state index < -0.39 is 5.91 Å². The molecule has 1 amide bonds. The molecular formula is C14H16N4OS. The number of primary amides is 1. The van der Waals surface area contributed by atoms with Gasteiger partial charge in [0.1, 0.15) is 5.69 Å². The SMILES string of the molecule is NC(=O)c1ccc(N)c(N(Cc2cccs2)C2CC2)n1. The summed E-state index contributed by atoms with van der Waals surface area (Å²) in [6.45, 7) is 0.766. The first-order valence-corrected chi connectivity index (χ1v) is 7.38. The van der Waals surface area contributed by atoms with Crippen molar-refractivity contribution >= 4 is 28.7 Å². The Kier molecular flexibility index (Phi) is 3.31. The summed E-state index contributed by atoms with van der Waals surface area (Å²) in [5.74, 6) is 0.135. The van der Waals surface area contributed by atoms with Crippen LogP contribution in [0.5, 0.6) is 0 Å². The summed E-state index contributed by atoms with van der Waals surface area (Å²) in [6.07, 6.45) is 2.26. The first kappa shape index (κ1) is 12.9. The minimum atomic E-state index is -0.530. The van der Waals surface area contributed by atoms with Gasteiger partial charge in [-0.2, -0.15) is 0 Å². The molecule has 0 aromatic carbocycles. The van der Waals surface area contributed by atoms with Crippen LogP contribution < -0.4 is 16.4 Å². The van der Waals surface area contributed by atoms with Crippen LogP contribution in [0.3, 0.4) is 0 Å². The molecule has 5 nitrogen and oxygen atoms in total. The van der Waals surface area contributed by atoms with E-state index in [0.29, 0.717) is 17.5 Å². The molecule has 0 atom stereocenters. The molecule has 1 aliphatic carbocycles. The normalized spacial score (nSPS) is 14.2. The number of hydrogen-bond acceptors (Lipinski definition) is 5. The highest BCUT2D eigenvalue weighted by Gasteiger charge is 2.31. The summed E-state index contributed by atoms with van der Waals surface area (Å²) in [6, 6.07) is 7.84. The third-order valence-corrected chi connectivity index (χ3v) is 4.18. The van der Waals surface area contributed by atoms with E-state index in [1.165, 1.54) is 4.88 Å². The van der Waals surface area contributed by atoms with Crippen molar-refractivity contribution in [2.24, 2.45) is 5.73 Å². The first-order chi connectivity index (χ1) is 9.65. The summed E-state index contributed by atoms with van der Waals surface area (Å²) in [5, 5.41) is 2.05. The van der Waals surface area contributed by atoms with E-state index >= 15 is 0 Å². The molecule has 1 fully saturated rings. The van der Waals surface area contributed by atoms with Gasteiger partial charge in [-0.15, -0.1) is 11.3 Å². The van der Waals surface area contributed by atoms with Gasteiger partial charge in [0, 0.05) is 10.9 Å². The fourth-order valence-electron chi connectivity index (χ4n) is 2.16. The maximum atomic E-state index is 11.3. The molecule has 2 heterocycles. The minimum Gasteiger partial charge on any atom is -0.396 e. The predicted octanol–water partition coefficient (Wildman–Crippen LogP) is 1.99. The summed E-state index contributed by atoms with van der Waals surface area (Å²) < 4.78 is 0. The van der Waals surface area contributed by atoms with Gasteiger partial charge in [0.05, 0.1) is 12.2 Å². The number of amides is 1. The van der Waals surface area contributed by atoms with E-state index in [9.17, 15) is 4.79 Å². The van der Waals surface area contributed by atoms with Crippen molar-refractivity contribution in [3.8, 4) is 0 Å². The summed E-state index contributed by atoms with van der Waals surface area (Å²) in [7, 11) is 0. The predicted molar refractivity (Wildman–Crippen MR) is 80.7 cm³/mol. The van der Waals surface area contributed by atoms with Crippen LogP contribution in [0.15, 0.2) is 29.6 Å². The fraction of sp³-hybridized carbons (Fsp3) is 0.286. The zero-order chi connectivity index (χ0) is 14.1. The van der Waals surface area contributed by atoms with E-state index in [-0.39, 0.29) is 5.69 Å². The Hall–Kier alpha value is -2.08. The number of nitrogens with zero attached hydrogens (tertiary/aromatic N) is 2. The average molecular weight is 288 g/mol. The van der Waals surface area contributed by atoms with Crippen molar-refractivity contribution < 1.29 is 4.79 Å².